The number of ether oxygens (including phenoxy) is 1. The first-order valence-electron chi connectivity index (χ1n) is 9.43. The highest BCUT2D eigenvalue weighted by Gasteiger charge is 2.13. The molecule has 1 atom stereocenters. The summed E-state index contributed by atoms with van der Waals surface area (Å²) in [5.41, 5.74) is 2.82. The summed E-state index contributed by atoms with van der Waals surface area (Å²) >= 11 is 12.1. The van der Waals surface area contributed by atoms with Crippen LogP contribution in [0.5, 0.6) is 0 Å². The van der Waals surface area contributed by atoms with E-state index in [1.165, 1.54) is 5.56 Å². The van der Waals surface area contributed by atoms with Gasteiger partial charge in [0.05, 0.1) is 19.3 Å². The van der Waals surface area contributed by atoms with Crippen molar-refractivity contribution >= 4 is 34.9 Å². The van der Waals surface area contributed by atoms with E-state index in [9.17, 15) is 4.79 Å². The fourth-order valence-electron chi connectivity index (χ4n) is 3.16. The van der Waals surface area contributed by atoms with E-state index in [1.54, 1.807) is 12.1 Å². The smallest absolute Gasteiger partial charge is 0.319 e. The first kappa shape index (κ1) is 20.9. The van der Waals surface area contributed by atoms with Crippen LogP contribution in [0.3, 0.4) is 0 Å². The maximum absolute atomic E-state index is 12.3. The summed E-state index contributed by atoms with van der Waals surface area (Å²) in [5.74, 6) is 0. The SMILES string of the molecule is CC(NC(=O)Nc1ccc(CCN2CCOCC2)cc1)c1ccc(Cl)cc1Cl. The van der Waals surface area contributed by atoms with Crippen molar-refractivity contribution < 1.29 is 9.53 Å². The van der Waals surface area contributed by atoms with Crippen molar-refractivity contribution in [2.45, 2.75) is 19.4 Å². The molecule has 2 aromatic rings. The number of nitrogens with zero attached hydrogens (tertiary/aromatic N) is 1. The van der Waals surface area contributed by atoms with E-state index < -0.39 is 0 Å². The molecule has 0 radical (unpaired) electrons. The van der Waals surface area contributed by atoms with Crippen molar-refractivity contribution in [1.82, 2.24) is 10.2 Å². The van der Waals surface area contributed by atoms with Crippen LogP contribution < -0.4 is 10.6 Å². The van der Waals surface area contributed by atoms with Crippen LogP contribution in [0.2, 0.25) is 10.0 Å². The minimum atomic E-state index is -0.278. The Kier molecular flexibility index (Phi) is 7.57. The second kappa shape index (κ2) is 10.1. The molecular formula is C21H25Cl2N3O2. The molecule has 2 N–H and O–H groups in total. The summed E-state index contributed by atoms with van der Waals surface area (Å²) in [6, 6.07) is 12.7. The zero-order valence-corrected chi connectivity index (χ0v) is 17.4. The Balaban J connectivity index is 1.48. The molecule has 28 heavy (non-hydrogen) atoms. The fraction of sp³-hybridized carbons (Fsp3) is 0.381. The Bertz CT molecular complexity index is 793. The molecule has 1 aliphatic rings. The van der Waals surface area contributed by atoms with Gasteiger partial charge in [0.2, 0.25) is 0 Å². The van der Waals surface area contributed by atoms with Crippen LogP contribution in [0.1, 0.15) is 24.1 Å². The second-order valence-electron chi connectivity index (χ2n) is 6.89. The van der Waals surface area contributed by atoms with E-state index in [0.717, 1.165) is 50.5 Å². The van der Waals surface area contributed by atoms with E-state index in [0.29, 0.717) is 10.0 Å². The molecule has 0 saturated carbocycles. The number of carbonyl (C=O) groups is 1. The van der Waals surface area contributed by atoms with E-state index >= 15 is 0 Å². The molecule has 0 aliphatic carbocycles. The quantitative estimate of drug-likeness (QED) is 0.707. The summed E-state index contributed by atoms with van der Waals surface area (Å²) in [6.07, 6.45) is 0.985. The maximum Gasteiger partial charge on any atom is 0.319 e. The average molecular weight is 422 g/mol. The predicted molar refractivity (Wildman–Crippen MR) is 114 cm³/mol. The molecular weight excluding hydrogens is 397 g/mol. The highest BCUT2D eigenvalue weighted by atomic mass is 35.5. The Morgan fingerprint density at radius 1 is 1.14 bits per heavy atom. The van der Waals surface area contributed by atoms with Crippen LogP contribution in [0.4, 0.5) is 10.5 Å². The zero-order chi connectivity index (χ0) is 19.9. The number of rotatable bonds is 6. The molecule has 2 amide bonds. The summed E-state index contributed by atoms with van der Waals surface area (Å²) < 4.78 is 5.37. The molecule has 0 bridgehead atoms. The predicted octanol–water partition coefficient (Wildman–Crippen LogP) is 4.75. The largest absolute Gasteiger partial charge is 0.379 e. The molecule has 1 heterocycles. The summed E-state index contributed by atoms with van der Waals surface area (Å²) in [7, 11) is 0. The van der Waals surface area contributed by atoms with Crippen LogP contribution in [-0.4, -0.2) is 43.8 Å². The van der Waals surface area contributed by atoms with Crippen molar-refractivity contribution in [2.75, 3.05) is 38.2 Å². The van der Waals surface area contributed by atoms with Crippen molar-refractivity contribution in [1.29, 1.82) is 0 Å². The van der Waals surface area contributed by atoms with Crippen LogP contribution in [0.15, 0.2) is 42.5 Å². The molecule has 1 unspecified atom stereocenters. The van der Waals surface area contributed by atoms with Gasteiger partial charge in [-0.25, -0.2) is 4.79 Å². The molecule has 1 aliphatic heterocycles. The van der Waals surface area contributed by atoms with E-state index in [1.807, 2.05) is 25.1 Å². The topological polar surface area (TPSA) is 53.6 Å². The molecule has 2 aromatic carbocycles. The Hall–Kier alpha value is -1.79. The molecule has 0 spiro atoms. The average Bonchev–Trinajstić information content (AvgIpc) is 2.68. The highest BCUT2D eigenvalue weighted by molar-refractivity contribution is 6.35. The Morgan fingerprint density at radius 2 is 1.86 bits per heavy atom. The normalized spacial score (nSPS) is 15.8. The van der Waals surface area contributed by atoms with Gasteiger partial charge in [-0.05, 0) is 48.7 Å². The van der Waals surface area contributed by atoms with Crippen molar-refractivity contribution in [3.63, 3.8) is 0 Å². The minimum Gasteiger partial charge on any atom is -0.379 e. The monoisotopic (exact) mass is 421 g/mol. The summed E-state index contributed by atoms with van der Waals surface area (Å²) in [6.45, 7) is 6.53. The number of halogens is 2. The zero-order valence-electron chi connectivity index (χ0n) is 15.9. The number of amides is 2. The van der Waals surface area contributed by atoms with Crippen LogP contribution in [-0.2, 0) is 11.2 Å². The Labute approximate surface area is 176 Å². The van der Waals surface area contributed by atoms with Gasteiger partial charge in [0.15, 0.2) is 0 Å². The fourth-order valence-corrected chi connectivity index (χ4v) is 3.73. The van der Waals surface area contributed by atoms with Gasteiger partial charge in [-0.2, -0.15) is 0 Å². The lowest BCUT2D eigenvalue weighted by molar-refractivity contribution is 0.0384. The summed E-state index contributed by atoms with van der Waals surface area (Å²) in [5, 5.41) is 6.85. The first-order chi connectivity index (χ1) is 13.5. The molecule has 0 aromatic heterocycles. The number of urea groups is 1. The van der Waals surface area contributed by atoms with Crippen molar-refractivity contribution in [2.24, 2.45) is 0 Å². The number of morpholine rings is 1. The number of anilines is 1. The van der Waals surface area contributed by atoms with Crippen molar-refractivity contribution in [3.8, 4) is 0 Å². The molecule has 1 saturated heterocycles. The number of hydrogen-bond donors (Lipinski definition) is 2. The standard InChI is InChI=1S/C21H25Cl2N3O2/c1-15(19-7-4-17(22)14-20(19)23)24-21(27)25-18-5-2-16(3-6-18)8-9-26-10-12-28-13-11-26/h2-7,14-15H,8-13H2,1H3,(H2,24,25,27). The third-order valence-corrected chi connectivity index (χ3v) is 5.37. The molecule has 150 valence electrons. The number of nitrogens with one attached hydrogen (secondary N) is 2. The summed E-state index contributed by atoms with van der Waals surface area (Å²) in [4.78, 5) is 14.7. The third kappa shape index (κ3) is 6.11. The van der Waals surface area contributed by atoms with Gasteiger partial charge in [0, 0.05) is 35.4 Å². The van der Waals surface area contributed by atoms with Gasteiger partial charge in [0.25, 0.3) is 0 Å². The van der Waals surface area contributed by atoms with Crippen molar-refractivity contribution in [3.05, 3.63) is 63.6 Å². The lowest BCUT2D eigenvalue weighted by Crippen LogP contribution is -2.37. The van der Waals surface area contributed by atoms with Crippen LogP contribution in [0, 0.1) is 0 Å². The molecule has 3 rings (SSSR count). The first-order valence-corrected chi connectivity index (χ1v) is 10.2. The van der Waals surface area contributed by atoms with Gasteiger partial charge in [-0.1, -0.05) is 41.4 Å². The number of carbonyl (C=O) groups excluding carboxylic acids is 1. The van der Waals surface area contributed by atoms with E-state index in [4.69, 9.17) is 27.9 Å². The lowest BCUT2D eigenvalue weighted by atomic mass is 10.1. The number of hydrogen-bond acceptors (Lipinski definition) is 3. The van der Waals surface area contributed by atoms with Gasteiger partial charge in [-0.3, -0.25) is 4.90 Å². The van der Waals surface area contributed by atoms with E-state index in [2.05, 4.69) is 27.7 Å². The molecule has 5 nitrogen and oxygen atoms in total. The van der Waals surface area contributed by atoms with Crippen LogP contribution >= 0.6 is 23.2 Å². The minimum absolute atomic E-state index is 0.238. The highest BCUT2D eigenvalue weighted by Crippen LogP contribution is 2.26. The second-order valence-corrected chi connectivity index (χ2v) is 7.73. The van der Waals surface area contributed by atoms with E-state index in [-0.39, 0.29) is 12.1 Å². The van der Waals surface area contributed by atoms with Crippen LogP contribution in [0.25, 0.3) is 0 Å². The van der Waals surface area contributed by atoms with Gasteiger partial charge >= 0.3 is 6.03 Å². The van der Waals surface area contributed by atoms with Gasteiger partial charge in [-0.15, -0.1) is 0 Å². The lowest BCUT2D eigenvalue weighted by Gasteiger charge is -2.26. The van der Waals surface area contributed by atoms with Gasteiger partial charge < -0.3 is 15.4 Å². The molecule has 1 fully saturated rings. The van der Waals surface area contributed by atoms with Gasteiger partial charge in [0.1, 0.15) is 0 Å². The molecule has 7 heteroatoms. The Morgan fingerprint density at radius 3 is 2.54 bits per heavy atom. The number of benzene rings is 2. The third-order valence-electron chi connectivity index (χ3n) is 4.81. The maximum atomic E-state index is 12.3.